The second-order valence-corrected chi connectivity index (χ2v) is 9.34. The maximum absolute atomic E-state index is 12.6. The van der Waals surface area contributed by atoms with E-state index in [2.05, 4.69) is 31.5 Å². The summed E-state index contributed by atoms with van der Waals surface area (Å²) in [4.78, 5) is 49.5. The number of hydrogen-bond donors (Lipinski definition) is 2. The van der Waals surface area contributed by atoms with E-state index in [9.17, 15) is 19.2 Å². The van der Waals surface area contributed by atoms with Crippen LogP contribution in [0, 0.1) is 5.92 Å². The molecule has 0 bridgehead atoms. The third kappa shape index (κ3) is 6.21. The second kappa shape index (κ2) is 10.5. The molecule has 0 unspecified atom stereocenters. The Morgan fingerprint density at radius 3 is 2.38 bits per heavy atom. The second-order valence-electron chi connectivity index (χ2n) is 9.34. The van der Waals surface area contributed by atoms with Crippen LogP contribution in [-0.2, 0) is 31.0 Å². The first-order chi connectivity index (χ1) is 16.1. The number of para-hydroxylation sites is 1. The zero-order valence-electron chi connectivity index (χ0n) is 20.0. The minimum Gasteiger partial charge on any atom is -0.455 e. The zero-order chi connectivity index (χ0) is 24.9. The van der Waals surface area contributed by atoms with Crippen LogP contribution in [0.25, 0.3) is 0 Å². The van der Waals surface area contributed by atoms with Crippen molar-refractivity contribution in [3.63, 3.8) is 0 Å². The summed E-state index contributed by atoms with van der Waals surface area (Å²) in [5, 5.41) is 3.86. The van der Waals surface area contributed by atoms with Crippen LogP contribution in [-0.4, -0.2) is 41.9 Å². The Morgan fingerprint density at radius 1 is 1.06 bits per heavy atom. The quantitative estimate of drug-likeness (QED) is 0.611. The molecule has 3 rings (SSSR count). The first-order valence-electron chi connectivity index (χ1n) is 11.3. The summed E-state index contributed by atoms with van der Waals surface area (Å²) in [7, 11) is 0. The van der Waals surface area contributed by atoms with Crippen LogP contribution in [0.15, 0.2) is 48.5 Å². The summed E-state index contributed by atoms with van der Waals surface area (Å²) >= 11 is 0. The van der Waals surface area contributed by atoms with Crippen LogP contribution in [0.3, 0.4) is 0 Å². The Kier molecular flexibility index (Phi) is 7.71. The van der Waals surface area contributed by atoms with Crippen molar-refractivity contribution in [3.05, 3.63) is 65.2 Å². The van der Waals surface area contributed by atoms with Crippen molar-refractivity contribution in [2.75, 3.05) is 18.5 Å². The van der Waals surface area contributed by atoms with Crippen molar-refractivity contribution in [1.29, 1.82) is 0 Å². The first kappa shape index (κ1) is 25.0. The smallest absolute Gasteiger partial charge is 0.311 e. The number of carbonyl (C=O) groups excluding carboxylic acids is 4. The van der Waals surface area contributed by atoms with Gasteiger partial charge in [-0.1, -0.05) is 58.0 Å². The van der Waals surface area contributed by atoms with Gasteiger partial charge in [0.25, 0.3) is 11.8 Å². The molecule has 2 aromatic rings. The molecule has 2 N–H and O–H groups in total. The zero-order valence-corrected chi connectivity index (χ0v) is 20.0. The summed E-state index contributed by atoms with van der Waals surface area (Å²) < 4.78 is 5.12. The maximum Gasteiger partial charge on any atom is 0.311 e. The first-order valence-corrected chi connectivity index (χ1v) is 11.3. The number of anilines is 1. The number of carbonyl (C=O) groups is 4. The van der Waals surface area contributed by atoms with Crippen LogP contribution in [0.4, 0.5) is 5.69 Å². The molecule has 34 heavy (non-hydrogen) atoms. The number of aryl methyl sites for hydroxylation is 1. The van der Waals surface area contributed by atoms with Gasteiger partial charge in [0.05, 0.1) is 12.5 Å². The Hall–Kier alpha value is -3.68. The highest BCUT2D eigenvalue weighted by Gasteiger charge is 2.36. The molecule has 0 saturated carbocycles. The predicted molar refractivity (Wildman–Crippen MR) is 128 cm³/mol. The number of nitrogens with zero attached hydrogens (tertiary/aromatic N) is 1. The number of nitrogens with one attached hydrogen (secondary N) is 2. The minimum absolute atomic E-state index is 0.0102. The normalized spacial score (nSPS) is 15.7. The summed E-state index contributed by atoms with van der Waals surface area (Å²) in [5.74, 6) is -2.69. The average Bonchev–Trinajstić information content (AvgIpc) is 3.17. The number of ether oxygens (including phenoxy) is 1. The highest BCUT2D eigenvalue weighted by molar-refractivity contribution is 5.97. The van der Waals surface area contributed by atoms with Gasteiger partial charge in [-0.15, -0.1) is 0 Å². The van der Waals surface area contributed by atoms with Gasteiger partial charge in [-0.05, 0) is 41.2 Å². The van der Waals surface area contributed by atoms with Crippen LogP contribution in [0.5, 0.6) is 0 Å². The molecule has 1 atom stereocenters. The van der Waals surface area contributed by atoms with E-state index in [4.69, 9.17) is 4.74 Å². The topological polar surface area (TPSA) is 105 Å². The van der Waals surface area contributed by atoms with Gasteiger partial charge >= 0.3 is 5.97 Å². The van der Waals surface area contributed by atoms with E-state index in [-0.39, 0.29) is 24.3 Å². The summed E-state index contributed by atoms with van der Waals surface area (Å²) in [6.45, 7) is 7.76. The molecule has 0 spiro atoms. The van der Waals surface area contributed by atoms with E-state index < -0.39 is 30.3 Å². The monoisotopic (exact) mass is 465 g/mol. The average molecular weight is 466 g/mol. The van der Waals surface area contributed by atoms with E-state index in [1.54, 1.807) is 18.2 Å². The summed E-state index contributed by atoms with van der Waals surface area (Å²) in [5.41, 5.74) is 5.67. The van der Waals surface area contributed by atoms with Crippen molar-refractivity contribution in [2.24, 2.45) is 5.92 Å². The van der Waals surface area contributed by atoms with E-state index in [0.717, 1.165) is 22.6 Å². The number of rotatable bonds is 7. The fraction of sp³-hybridized carbons (Fsp3) is 0.385. The van der Waals surface area contributed by atoms with Gasteiger partial charge in [-0.2, -0.15) is 0 Å². The lowest BCUT2D eigenvalue weighted by atomic mass is 9.87. The largest absolute Gasteiger partial charge is 0.455 e. The molecule has 2 aromatic carbocycles. The van der Waals surface area contributed by atoms with Crippen LogP contribution >= 0.6 is 0 Å². The van der Waals surface area contributed by atoms with E-state index in [1.807, 2.05) is 37.3 Å². The van der Waals surface area contributed by atoms with Gasteiger partial charge in [-0.3, -0.25) is 29.6 Å². The molecule has 1 aliphatic rings. The molecule has 8 nitrogen and oxygen atoms in total. The van der Waals surface area contributed by atoms with Gasteiger partial charge in [0.15, 0.2) is 6.61 Å². The van der Waals surface area contributed by atoms with Gasteiger partial charge in [0.1, 0.15) is 0 Å². The molecule has 0 radical (unpaired) electrons. The highest BCUT2D eigenvalue weighted by atomic mass is 16.5. The Morgan fingerprint density at radius 2 is 1.74 bits per heavy atom. The minimum atomic E-state index is -0.758. The van der Waals surface area contributed by atoms with Crippen molar-refractivity contribution in [1.82, 2.24) is 10.4 Å². The third-order valence-corrected chi connectivity index (χ3v) is 5.73. The van der Waals surface area contributed by atoms with Crippen molar-refractivity contribution >= 4 is 29.4 Å². The van der Waals surface area contributed by atoms with E-state index in [1.165, 1.54) is 0 Å². The number of esters is 1. The molecule has 0 aliphatic carbocycles. The molecule has 1 fully saturated rings. The summed E-state index contributed by atoms with van der Waals surface area (Å²) in [6, 6.07) is 14.6. The van der Waals surface area contributed by atoms with Gasteiger partial charge in [0, 0.05) is 17.7 Å². The van der Waals surface area contributed by atoms with Crippen molar-refractivity contribution in [3.8, 4) is 0 Å². The molecule has 1 saturated heterocycles. The number of hydrazine groups is 1. The SMILES string of the molecule is CCc1ccccc1NC(=O)COC(=O)[C@@H]1CC(=O)N(NC(=O)c2ccc(C(C)(C)C)cc2)C1. The van der Waals surface area contributed by atoms with Crippen molar-refractivity contribution in [2.45, 2.75) is 46.0 Å². The molecule has 8 heteroatoms. The molecule has 3 amide bonds. The maximum atomic E-state index is 12.6. The standard InChI is InChI=1S/C26H31N3O5/c1-5-17-8-6-7-9-21(17)27-22(30)16-34-25(33)19-14-23(31)29(15-19)28-24(32)18-10-12-20(13-11-18)26(2,3)4/h6-13,19H,5,14-16H2,1-4H3,(H,27,30)(H,28,32)/t19-/m1/s1. The molecule has 180 valence electrons. The lowest BCUT2D eigenvalue weighted by Gasteiger charge is -2.20. The Labute approximate surface area is 199 Å². The molecular formula is C26H31N3O5. The van der Waals surface area contributed by atoms with Gasteiger partial charge in [-0.25, -0.2) is 0 Å². The molecule has 1 aliphatic heterocycles. The fourth-order valence-electron chi connectivity index (χ4n) is 3.67. The Bertz CT molecular complexity index is 1070. The molecule has 1 heterocycles. The fourth-order valence-corrected chi connectivity index (χ4v) is 3.67. The van der Waals surface area contributed by atoms with Crippen LogP contribution in [0.2, 0.25) is 0 Å². The van der Waals surface area contributed by atoms with Gasteiger partial charge < -0.3 is 10.1 Å². The molecule has 0 aromatic heterocycles. The lowest BCUT2D eigenvalue weighted by molar-refractivity contribution is -0.151. The van der Waals surface area contributed by atoms with Crippen LogP contribution in [0.1, 0.15) is 55.6 Å². The number of hydrogen-bond acceptors (Lipinski definition) is 5. The van der Waals surface area contributed by atoms with Gasteiger partial charge in [0.2, 0.25) is 5.91 Å². The highest BCUT2D eigenvalue weighted by Crippen LogP contribution is 2.23. The number of amides is 3. The van der Waals surface area contributed by atoms with E-state index in [0.29, 0.717) is 11.3 Å². The summed E-state index contributed by atoms with van der Waals surface area (Å²) in [6.07, 6.45) is 0.658. The van der Waals surface area contributed by atoms with E-state index >= 15 is 0 Å². The lowest BCUT2D eigenvalue weighted by Crippen LogP contribution is -2.43. The predicted octanol–water partition coefficient (Wildman–Crippen LogP) is 3.22. The number of benzene rings is 2. The van der Waals surface area contributed by atoms with Crippen LogP contribution < -0.4 is 10.7 Å². The van der Waals surface area contributed by atoms with Crippen molar-refractivity contribution < 1.29 is 23.9 Å². The Balaban J connectivity index is 1.50. The molecular weight excluding hydrogens is 434 g/mol. The third-order valence-electron chi connectivity index (χ3n) is 5.73.